The number of ketones is 1. The number of aliphatic hydroxyl groups excluding tert-OH is 1. The number of alkyl halides is 3. The van der Waals surface area contributed by atoms with Gasteiger partial charge in [0.15, 0.2) is 23.3 Å². The molecule has 3 rings (SSSR count). The minimum atomic E-state index is -4.84. The topological polar surface area (TPSA) is 63.8 Å². The van der Waals surface area contributed by atoms with Crippen molar-refractivity contribution in [3.63, 3.8) is 0 Å². The van der Waals surface area contributed by atoms with Gasteiger partial charge in [-0.2, -0.15) is 13.2 Å². The van der Waals surface area contributed by atoms with Crippen molar-refractivity contribution in [1.82, 2.24) is 9.38 Å². The number of aromatic nitrogens is 2. The number of rotatable bonds is 7. The number of Topliss-reactive ketones (excluding diaryl/α,β-unsaturated/α-hetero) is 1. The van der Waals surface area contributed by atoms with E-state index in [0.717, 1.165) is 19.1 Å². The lowest BCUT2D eigenvalue weighted by Crippen LogP contribution is -2.35. The minimum Gasteiger partial charge on any atom is -0.485 e. The molecule has 2 atom stereocenters. The molecule has 2 heterocycles. The highest BCUT2D eigenvalue weighted by Crippen LogP contribution is 2.29. The molecule has 5 nitrogen and oxygen atoms in total. The Bertz CT molecular complexity index is 1090. The van der Waals surface area contributed by atoms with Crippen molar-refractivity contribution in [3.8, 4) is 5.75 Å². The fourth-order valence-electron chi connectivity index (χ4n) is 3.25. The molecule has 0 saturated heterocycles. The fourth-order valence-corrected chi connectivity index (χ4v) is 3.25. The van der Waals surface area contributed by atoms with E-state index < -0.39 is 48.6 Å². The van der Waals surface area contributed by atoms with E-state index in [1.165, 1.54) is 35.7 Å². The number of imidazole rings is 1. The summed E-state index contributed by atoms with van der Waals surface area (Å²) in [6.07, 6.45) is -6.55. The molecule has 0 saturated carbocycles. The standard InChI is InChI=1S/C21H19F5N2O3/c1-11(19(30)21(24,25)26)9-16(29)18-12(2)27-20-17(7-4-8-28(18)20)31-10-13-14(22)5-3-6-15(13)23/h3-8,11,19,30H,9-10H2,1-2H3. The monoisotopic (exact) mass is 442 g/mol. The number of fused-ring (bicyclic) bond motifs is 1. The molecule has 0 aliphatic carbocycles. The molecule has 1 N–H and O–H groups in total. The third-order valence-corrected chi connectivity index (χ3v) is 4.87. The zero-order valence-electron chi connectivity index (χ0n) is 16.6. The predicted molar refractivity (Wildman–Crippen MR) is 101 cm³/mol. The van der Waals surface area contributed by atoms with Crippen molar-refractivity contribution < 1.29 is 36.6 Å². The normalized spacial score (nSPS) is 13.9. The number of aryl methyl sites for hydroxylation is 1. The zero-order valence-corrected chi connectivity index (χ0v) is 16.6. The lowest BCUT2D eigenvalue weighted by Gasteiger charge is -2.20. The number of hydrogen-bond acceptors (Lipinski definition) is 4. The van der Waals surface area contributed by atoms with E-state index in [9.17, 15) is 31.9 Å². The number of benzene rings is 1. The van der Waals surface area contributed by atoms with Crippen LogP contribution in [-0.2, 0) is 6.61 Å². The Labute approximate surface area is 174 Å². The van der Waals surface area contributed by atoms with Crippen LogP contribution in [0.4, 0.5) is 22.0 Å². The molecule has 1 aromatic carbocycles. The van der Waals surface area contributed by atoms with Crippen LogP contribution < -0.4 is 4.74 Å². The van der Waals surface area contributed by atoms with Gasteiger partial charge in [-0.3, -0.25) is 9.20 Å². The molecular weight excluding hydrogens is 423 g/mol. The van der Waals surface area contributed by atoms with Crippen LogP contribution in [0, 0.1) is 24.5 Å². The molecular formula is C21H19F5N2O3. The Hall–Kier alpha value is -3.01. The second-order valence-corrected chi connectivity index (χ2v) is 7.19. The van der Waals surface area contributed by atoms with Crippen molar-refractivity contribution in [1.29, 1.82) is 0 Å². The summed E-state index contributed by atoms with van der Waals surface area (Å²) in [6.45, 7) is 2.21. The first kappa shape index (κ1) is 22.7. The molecule has 166 valence electrons. The van der Waals surface area contributed by atoms with Crippen LogP contribution in [0.3, 0.4) is 0 Å². The van der Waals surface area contributed by atoms with Crippen LogP contribution in [0.25, 0.3) is 5.65 Å². The van der Waals surface area contributed by atoms with E-state index in [-0.39, 0.29) is 28.3 Å². The van der Waals surface area contributed by atoms with Gasteiger partial charge in [-0.05, 0) is 37.1 Å². The summed E-state index contributed by atoms with van der Waals surface area (Å²) < 4.78 is 72.6. The van der Waals surface area contributed by atoms with Crippen LogP contribution in [0.2, 0.25) is 0 Å². The predicted octanol–water partition coefficient (Wildman–Crippen LogP) is 4.63. The molecule has 0 radical (unpaired) electrons. The van der Waals surface area contributed by atoms with E-state index in [2.05, 4.69) is 4.98 Å². The van der Waals surface area contributed by atoms with E-state index in [0.29, 0.717) is 0 Å². The first-order chi connectivity index (χ1) is 14.5. The molecule has 2 unspecified atom stereocenters. The van der Waals surface area contributed by atoms with Gasteiger partial charge in [-0.15, -0.1) is 0 Å². The summed E-state index contributed by atoms with van der Waals surface area (Å²) in [4.78, 5) is 16.9. The van der Waals surface area contributed by atoms with E-state index in [4.69, 9.17) is 4.74 Å². The highest BCUT2D eigenvalue weighted by molar-refractivity contribution is 5.96. The lowest BCUT2D eigenvalue weighted by molar-refractivity contribution is -0.217. The van der Waals surface area contributed by atoms with E-state index in [1.54, 1.807) is 0 Å². The third kappa shape index (κ3) is 4.68. The Kier molecular flexibility index (Phi) is 6.30. The van der Waals surface area contributed by atoms with Gasteiger partial charge >= 0.3 is 6.18 Å². The Morgan fingerprint density at radius 3 is 2.45 bits per heavy atom. The summed E-state index contributed by atoms with van der Waals surface area (Å²) in [5.41, 5.74) is 0.175. The number of halogens is 5. The van der Waals surface area contributed by atoms with Gasteiger partial charge in [0, 0.05) is 12.6 Å². The van der Waals surface area contributed by atoms with Crippen LogP contribution in [0.15, 0.2) is 36.5 Å². The van der Waals surface area contributed by atoms with Crippen molar-refractivity contribution in [3.05, 3.63) is 65.1 Å². The van der Waals surface area contributed by atoms with Crippen molar-refractivity contribution >= 4 is 11.4 Å². The van der Waals surface area contributed by atoms with Crippen LogP contribution >= 0.6 is 0 Å². The van der Waals surface area contributed by atoms with Crippen LogP contribution in [0.1, 0.15) is 35.1 Å². The van der Waals surface area contributed by atoms with Crippen LogP contribution in [0.5, 0.6) is 5.75 Å². The molecule has 0 amide bonds. The highest BCUT2D eigenvalue weighted by atomic mass is 19.4. The molecule has 0 bridgehead atoms. The quantitative estimate of drug-likeness (QED) is 0.428. The minimum absolute atomic E-state index is 0.0405. The molecule has 31 heavy (non-hydrogen) atoms. The van der Waals surface area contributed by atoms with Gasteiger partial charge in [0.2, 0.25) is 0 Å². The largest absolute Gasteiger partial charge is 0.485 e. The second-order valence-electron chi connectivity index (χ2n) is 7.19. The van der Waals surface area contributed by atoms with E-state index >= 15 is 0 Å². The van der Waals surface area contributed by atoms with Gasteiger partial charge in [0.1, 0.15) is 23.9 Å². The maximum atomic E-state index is 13.8. The maximum Gasteiger partial charge on any atom is 0.414 e. The van der Waals surface area contributed by atoms with Gasteiger partial charge < -0.3 is 9.84 Å². The van der Waals surface area contributed by atoms with Crippen molar-refractivity contribution in [2.24, 2.45) is 5.92 Å². The Balaban J connectivity index is 1.87. The Morgan fingerprint density at radius 1 is 1.19 bits per heavy atom. The number of carbonyl (C=O) groups excluding carboxylic acids is 1. The number of nitrogens with zero attached hydrogens (tertiary/aromatic N) is 2. The molecule has 0 aliphatic rings. The molecule has 3 aromatic rings. The smallest absolute Gasteiger partial charge is 0.414 e. The van der Waals surface area contributed by atoms with Crippen molar-refractivity contribution in [2.45, 2.75) is 39.2 Å². The summed E-state index contributed by atoms with van der Waals surface area (Å²) in [5, 5.41) is 9.37. The number of ether oxygens (including phenoxy) is 1. The van der Waals surface area contributed by atoms with Gasteiger partial charge in [-0.25, -0.2) is 13.8 Å². The molecule has 10 heteroatoms. The molecule has 0 spiro atoms. The number of hydrogen-bond donors (Lipinski definition) is 1. The number of carbonyl (C=O) groups is 1. The summed E-state index contributed by atoms with van der Waals surface area (Å²) in [7, 11) is 0. The molecule has 0 aliphatic heterocycles. The zero-order chi connectivity index (χ0) is 22.9. The maximum absolute atomic E-state index is 13.8. The number of aliphatic hydroxyl groups is 1. The molecule has 0 fully saturated rings. The summed E-state index contributed by atoms with van der Waals surface area (Å²) in [6, 6.07) is 6.41. The third-order valence-electron chi connectivity index (χ3n) is 4.87. The Morgan fingerprint density at radius 2 is 1.84 bits per heavy atom. The molecule has 2 aromatic heterocycles. The fraction of sp³-hybridized carbons (Fsp3) is 0.333. The van der Waals surface area contributed by atoms with Gasteiger partial charge in [0.05, 0.1) is 11.3 Å². The average molecular weight is 442 g/mol. The first-order valence-corrected chi connectivity index (χ1v) is 9.32. The SMILES string of the molecule is Cc1nc2c(OCc3c(F)cccc3F)cccn2c1C(=O)CC(C)C(O)C(F)(F)F. The van der Waals surface area contributed by atoms with Gasteiger partial charge in [0.25, 0.3) is 0 Å². The average Bonchev–Trinajstić information content (AvgIpc) is 3.02. The highest BCUT2D eigenvalue weighted by Gasteiger charge is 2.42. The first-order valence-electron chi connectivity index (χ1n) is 9.32. The second kappa shape index (κ2) is 8.62. The van der Waals surface area contributed by atoms with Crippen LogP contribution in [-0.4, -0.2) is 32.6 Å². The summed E-state index contributed by atoms with van der Waals surface area (Å²) in [5.74, 6) is -3.42. The van der Waals surface area contributed by atoms with Gasteiger partial charge in [-0.1, -0.05) is 13.0 Å². The van der Waals surface area contributed by atoms with Crippen molar-refractivity contribution in [2.75, 3.05) is 0 Å². The summed E-state index contributed by atoms with van der Waals surface area (Å²) >= 11 is 0. The lowest BCUT2D eigenvalue weighted by atomic mass is 9.96. The van der Waals surface area contributed by atoms with E-state index in [1.807, 2.05) is 0 Å². The number of pyridine rings is 1.